The summed E-state index contributed by atoms with van der Waals surface area (Å²) in [5.74, 6) is -0.405. The van der Waals surface area contributed by atoms with E-state index < -0.39 is 0 Å². The van der Waals surface area contributed by atoms with Crippen LogP contribution in [0.2, 0.25) is 5.02 Å². The van der Waals surface area contributed by atoms with Gasteiger partial charge in [0, 0.05) is 0 Å². The van der Waals surface area contributed by atoms with Crippen molar-refractivity contribution < 1.29 is 10.2 Å². The second kappa shape index (κ2) is 12.6. The van der Waals surface area contributed by atoms with Crippen molar-refractivity contribution >= 4 is 11.6 Å². The van der Waals surface area contributed by atoms with Crippen molar-refractivity contribution in [2.75, 3.05) is 26.2 Å². The summed E-state index contributed by atoms with van der Waals surface area (Å²) in [7, 11) is 0. The summed E-state index contributed by atoms with van der Waals surface area (Å²) < 4.78 is 0. The molecule has 0 amide bonds. The first-order valence-corrected chi connectivity index (χ1v) is 10.2. The Balaban J connectivity index is 1.40. The molecule has 0 aromatic heterocycles. The fraction of sp³-hybridized carbons (Fsp3) is 0.455. The second-order valence-corrected chi connectivity index (χ2v) is 7.18. The van der Waals surface area contributed by atoms with Crippen LogP contribution >= 0.6 is 11.6 Å². The van der Waals surface area contributed by atoms with E-state index in [1.165, 1.54) is 37.3 Å². The van der Waals surface area contributed by atoms with Gasteiger partial charge in [-0.2, -0.15) is 0 Å². The Kier molecular flexibility index (Phi) is 10.1. The van der Waals surface area contributed by atoms with Crippen molar-refractivity contribution in [3.63, 3.8) is 0 Å². The number of nitrogens with one attached hydrogen (secondary N) is 2. The molecule has 2 aromatic rings. The minimum absolute atomic E-state index is 0.175. The lowest BCUT2D eigenvalue weighted by Crippen LogP contribution is -2.19. The smallest absolute Gasteiger partial charge is 0.176 e. The lowest BCUT2D eigenvalue weighted by Gasteiger charge is -2.09. The molecule has 5 heteroatoms. The monoisotopic (exact) mass is 390 g/mol. The van der Waals surface area contributed by atoms with Crippen molar-refractivity contribution in [1.82, 2.24) is 10.6 Å². The standard InChI is InChI=1S/C22H31ClN2O2/c23-21-19(10-11-20(26)22(21)27)13-17-25-15-7-2-1-6-14-24-16-12-18-8-4-3-5-9-18/h3-5,8-11,24-27H,1-2,6-7,12-17H2. The van der Waals surface area contributed by atoms with Crippen LogP contribution in [0.3, 0.4) is 0 Å². The molecule has 0 fully saturated rings. The van der Waals surface area contributed by atoms with Crippen LogP contribution in [-0.4, -0.2) is 36.4 Å². The van der Waals surface area contributed by atoms with Gasteiger partial charge in [0.2, 0.25) is 0 Å². The molecule has 0 spiro atoms. The van der Waals surface area contributed by atoms with Crippen LogP contribution < -0.4 is 10.6 Å². The predicted molar refractivity (Wildman–Crippen MR) is 113 cm³/mol. The highest BCUT2D eigenvalue weighted by atomic mass is 35.5. The van der Waals surface area contributed by atoms with Gasteiger partial charge in [0.15, 0.2) is 11.5 Å². The third kappa shape index (κ3) is 8.21. The summed E-state index contributed by atoms with van der Waals surface area (Å²) in [6, 6.07) is 13.8. The number of aromatic hydroxyl groups is 2. The first-order chi connectivity index (χ1) is 13.2. The van der Waals surface area contributed by atoms with E-state index in [-0.39, 0.29) is 16.5 Å². The van der Waals surface area contributed by atoms with Crippen molar-refractivity contribution in [3.05, 3.63) is 58.6 Å². The van der Waals surface area contributed by atoms with Gasteiger partial charge in [-0.25, -0.2) is 0 Å². The Morgan fingerprint density at radius 3 is 2.00 bits per heavy atom. The van der Waals surface area contributed by atoms with Gasteiger partial charge in [-0.3, -0.25) is 0 Å². The van der Waals surface area contributed by atoms with Crippen molar-refractivity contribution in [1.29, 1.82) is 0 Å². The molecule has 148 valence electrons. The fourth-order valence-electron chi connectivity index (χ4n) is 2.99. The summed E-state index contributed by atoms with van der Waals surface area (Å²) in [5, 5.41) is 26.2. The number of hydrogen-bond donors (Lipinski definition) is 4. The number of phenols is 2. The maximum absolute atomic E-state index is 9.61. The minimum Gasteiger partial charge on any atom is -0.504 e. The maximum Gasteiger partial charge on any atom is 0.176 e. The molecule has 0 saturated carbocycles. The third-order valence-corrected chi connectivity index (χ3v) is 5.06. The molecule has 0 aliphatic rings. The molecule has 2 rings (SSSR count). The number of rotatable bonds is 13. The van der Waals surface area contributed by atoms with Crippen molar-refractivity contribution in [2.24, 2.45) is 0 Å². The van der Waals surface area contributed by atoms with Gasteiger partial charge >= 0.3 is 0 Å². The summed E-state index contributed by atoms with van der Waals surface area (Å²) in [4.78, 5) is 0. The van der Waals surface area contributed by atoms with Gasteiger partial charge in [-0.1, -0.05) is 60.8 Å². The number of halogens is 1. The molecule has 0 aliphatic heterocycles. The average Bonchev–Trinajstić information content (AvgIpc) is 2.69. The van der Waals surface area contributed by atoms with E-state index in [0.717, 1.165) is 44.6 Å². The van der Waals surface area contributed by atoms with E-state index >= 15 is 0 Å². The molecule has 0 bridgehead atoms. The predicted octanol–water partition coefficient (Wildman–Crippen LogP) is 4.28. The Hall–Kier alpha value is -1.75. The highest BCUT2D eigenvalue weighted by Crippen LogP contribution is 2.35. The van der Waals surface area contributed by atoms with Crippen molar-refractivity contribution in [2.45, 2.75) is 38.5 Å². The van der Waals surface area contributed by atoms with Crippen molar-refractivity contribution in [3.8, 4) is 11.5 Å². The van der Waals surface area contributed by atoms with Gasteiger partial charge in [-0.15, -0.1) is 0 Å². The SMILES string of the molecule is Oc1ccc(CCNCCCCCCNCCc2ccccc2)c(Cl)c1O. The minimum atomic E-state index is -0.230. The third-order valence-electron chi connectivity index (χ3n) is 4.64. The Labute approximate surface area is 167 Å². The van der Waals surface area contributed by atoms with E-state index in [2.05, 4.69) is 41.0 Å². The van der Waals surface area contributed by atoms with Crippen LogP contribution in [0.25, 0.3) is 0 Å². The maximum atomic E-state index is 9.61. The van der Waals surface area contributed by atoms with E-state index in [1.54, 1.807) is 6.07 Å². The zero-order chi connectivity index (χ0) is 19.3. The summed E-state index contributed by atoms with van der Waals surface area (Å²) >= 11 is 6.02. The molecule has 2 aromatic carbocycles. The van der Waals surface area contributed by atoms with Crippen LogP contribution in [-0.2, 0) is 12.8 Å². The molecule has 4 nitrogen and oxygen atoms in total. The van der Waals surface area contributed by atoms with Gasteiger partial charge in [0.25, 0.3) is 0 Å². The molecule has 0 heterocycles. The molecule has 0 aliphatic carbocycles. The molecule has 27 heavy (non-hydrogen) atoms. The highest BCUT2D eigenvalue weighted by molar-refractivity contribution is 6.33. The molecular formula is C22H31ClN2O2. The molecule has 0 atom stereocenters. The van der Waals surface area contributed by atoms with E-state index in [4.69, 9.17) is 11.6 Å². The van der Waals surface area contributed by atoms with E-state index in [1.807, 2.05) is 0 Å². The summed E-state index contributed by atoms with van der Waals surface area (Å²) in [5.41, 5.74) is 2.24. The van der Waals surface area contributed by atoms with Gasteiger partial charge < -0.3 is 20.8 Å². The fourth-order valence-corrected chi connectivity index (χ4v) is 3.25. The van der Waals surface area contributed by atoms with Crippen LogP contribution in [0, 0.1) is 0 Å². The van der Waals surface area contributed by atoms with Gasteiger partial charge in [0.05, 0.1) is 5.02 Å². The number of phenolic OH excluding ortho intramolecular Hbond substituents is 2. The zero-order valence-corrected chi connectivity index (χ0v) is 16.6. The summed E-state index contributed by atoms with van der Waals surface area (Å²) in [6.07, 6.45) is 6.69. The van der Waals surface area contributed by atoms with Crippen LogP contribution in [0.4, 0.5) is 0 Å². The number of hydrogen-bond acceptors (Lipinski definition) is 4. The van der Waals surface area contributed by atoms with Crippen LogP contribution in [0.1, 0.15) is 36.8 Å². The molecule has 4 N–H and O–H groups in total. The van der Waals surface area contributed by atoms with Crippen LogP contribution in [0.15, 0.2) is 42.5 Å². The topological polar surface area (TPSA) is 64.5 Å². The van der Waals surface area contributed by atoms with Gasteiger partial charge in [-0.05, 0) is 69.1 Å². The first-order valence-electron chi connectivity index (χ1n) is 9.83. The first kappa shape index (κ1) is 21.5. The molecule has 0 unspecified atom stereocenters. The Morgan fingerprint density at radius 2 is 1.33 bits per heavy atom. The lowest BCUT2D eigenvalue weighted by atomic mass is 10.1. The van der Waals surface area contributed by atoms with Crippen LogP contribution in [0.5, 0.6) is 11.5 Å². The average molecular weight is 391 g/mol. The largest absolute Gasteiger partial charge is 0.504 e. The normalized spacial score (nSPS) is 11.0. The summed E-state index contributed by atoms with van der Waals surface area (Å²) in [6.45, 7) is 3.93. The van der Waals surface area contributed by atoms with E-state index in [0.29, 0.717) is 0 Å². The highest BCUT2D eigenvalue weighted by Gasteiger charge is 2.09. The second-order valence-electron chi connectivity index (χ2n) is 6.81. The number of benzene rings is 2. The lowest BCUT2D eigenvalue weighted by molar-refractivity contribution is 0.403. The Morgan fingerprint density at radius 1 is 0.704 bits per heavy atom. The molecular weight excluding hydrogens is 360 g/mol. The van der Waals surface area contributed by atoms with Gasteiger partial charge in [0.1, 0.15) is 0 Å². The quantitative estimate of drug-likeness (QED) is 0.304. The molecule has 0 radical (unpaired) electrons. The molecule has 0 saturated heterocycles. The zero-order valence-electron chi connectivity index (χ0n) is 15.9. The Bertz CT molecular complexity index is 665. The number of unbranched alkanes of at least 4 members (excludes halogenated alkanes) is 3. The van der Waals surface area contributed by atoms with E-state index in [9.17, 15) is 10.2 Å².